The highest BCUT2D eigenvalue weighted by Gasteiger charge is 2.14. The molecule has 0 aliphatic rings. The molecule has 7 nitrogen and oxygen atoms in total. The van der Waals surface area contributed by atoms with E-state index in [0.29, 0.717) is 11.5 Å². The van der Waals surface area contributed by atoms with Gasteiger partial charge in [0.15, 0.2) is 5.82 Å². The molecule has 7 heteroatoms. The van der Waals surface area contributed by atoms with Crippen LogP contribution in [0.5, 0.6) is 0 Å². The molecule has 0 spiro atoms. The van der Waals surface area contributed by atoms with Gasteiger partial charge < -0.3 is 16.5 Å². The minimum atomic E-state index is 0.107. The third-order valence-electron chi connectivity index (χ3n) is 2.28. The molecule has 0 bridgehead atoms. The van der Waals surface area contributed by atoms with Crippen LogP contribution in [0.25, 0.3) is 11.5 Å². The zero-order chi connectivity index (χ0) is 12.4. The Morgan fingerprint density at radius 1 is 1.06 bits per heavy atom. The molecule has 0 saturated carbocycles. The van der Waals surface area contributed by atoms with Gasteiger partial charge in [-0.3, -0.25) is 0 Å². The Kier molecular flexibility index (Phi) is 2.90. The summed E-state index contributed by atoms with van der Waals surface area (Å²) in [6.45, 7) is 3.98. The third-order valence-corrected chi connectivity index (χ3v) is 2.28. The van der Waals surface area contributed by atoms with Crippen LogP contribution in [-0.4, -0.2) is 24.9 Å². The number of rotatable bonds is 3. The first-order valence-corrected chi connectivity index (χ1v) is 5.43. The highest BCUT2D eigenvalue weighted by atomic mass is 15.2. The number of anilines is 2. The number of aromatic nitrogens is 5. The molecule has 5 N–H and O–H groups in total. The Bertz CT molecular complexity index is 511. The minimum Gasteiger partial charge on any atom is -0.368 e. The predicted molar refractivity (Wildman–Crippen MR) is 65.0 cm³/mol. The maximum atomic E-state index is 5.55. The maximum absolute atomic E-state index is 5.55. The van der Waals surface area contributed by atoms with E-state index in [0.717, 1.165) is 24.4 Å². The lowest BCUT2D eigenvalue weighted by atomic mass is 10.2. The van der Waals surface area contributed by atoms with Crippen molar-refractivity contribution >= 4 is 11.9 Å². The summed E-state index contributed by atoms with van der Waals surface area (Å²) in [7, 11) is 0. The molecule has 0 saturated heterocycles. The fourth-order valence-electron chi connectivity index (χ4n) is 1.67. The monoisotopic (exact) mass is 233 g/mol. The maximum Gasteiger partial charge on any atom is 0.225 e. The van der Waals surface area contributed by atoms with Crippen molar-refractivity contribution in [3.05, 3.63) is 11.5 Å². The van der Waals surface area contributed by atoms with Crippen LogP contribution in [0, 0.1) is 6.92 Å². The van der Waals surface area contributed by atoms with E-state index in [1.807, 2.05) is 6.92 Å². The Labute approximate surface area is 98.7 Å². The van der Waals surface area contributed by atoms with Crippen LogP contribution < -0.4 is 11.5 Å². The molecular weight excluding hydrogens is 218 g/mol. The van der Waals surface area contributed by atoms with Crippen LogP contribution in [0.2, 0.25) is 0 Å². The largest absolute Gasteiger partial charge is 0.368 e. The van der Waals surface area contributed by atoms with Crippen LogP contribution in [0.15, 0.2) is 0 Å². The van der Waals surface area contributed by atoms with Crippen LogP contribution in [0.1, 0.15) is 24.9 Å². The van der Waals surface area contributed by atoms with E-state index >= 15 is 0 Å². The smallest absolute Gasteiger partial charge is 0.225 e. The summed E-state index contributed by atoms with van der Waals surface area (Å²) >= 11 is 0. The van der Waals surface area contributed by atoms with E-state index in [4.69, 9.17) is 11.5 Å². The lowest BCUT2D eigenvalue weighted by Crippen LogP contribution is -2.05. The lowest BCUT2D eigenvalue weighted by Gasteiger charge is -2.01. The van der Waals surface area contributed by atoms with Crippen LogP contribution in [-0.2, 0) is 6.42 Å². The first-order chi connectivity index (χ1) is 8.10. The number of nitrogens with one attached hydrogen (secondary N) is 1. The molecule has 0 atom stereocenters. The average molecular weight is 233 g/mol. The molecule has 0 radical (unpaired) electrons. The fourth-order valence-corrected chi connectivity index (χ4v) is 1.67. The molecule has 90 valence electrons. The van der Waals surface area contributed by atoms with Gasteiger partial charge in [0.2, 0.25) is 11.9 Å². The summed E-state index contributed by atoms with van der Waals surface area (Å²) in [5.41, 5.74) is 12.8. The Hall–Kier alpha value is -2.18. The average Bonchev–Trinajstić information content (AvgIpc) is 2.58. The number of nitrogen functional groups attached to an aromatic ring is 2. The lowest BCUT2D eigenvalue weighted by molar-refractivity contribution is 0.887. The molecule has 0 aromatic carbocycles. The van der Waals surface area contributed by atoms with Crippen molar-refractivity contribution in [1.29, 1.82) is 0 Å². The number of aryl methyl sites for hydroxylation is 2. The van der Waals surface area contributed by atoms with E-state index in [2.05, 4.69) is 31.8 Å². The molecule has 0 amide bonds. The number of imidazole rings is 1. The Morgan fingerprint density at radius 2 is 1.71 bits per heavy atom. The third kappa shape index (κ3) is 2.32. The Morgan fingerprint density at radius 3 is 2.29 bits per heavy atom. The zero-order valence-corrected chi connectivity index (χ0v) is 9.86. The molecular formula is C10H15N7. The van der Waals surface area contributed by atoms with Gasteiger partial charge in [0.25, 0.3) is 0 Å². The normalized spacial score (nSPS) is 10.7. The van der Waals surface area contributed by atoms with Crippen LogP contribution >= 0.6 is 0 Å². The van der Waals surface area contributed by atoms with Crippen LogP contribution in [0.4, 0.5) is 11.9 Å². The fraction of sp³-hybridized carbons (Fsp3) is 0.400. The second-order valence-corrected chi connectivity index (χ2v) is 3.77. The van der Waals surface area contributed by atoms with Crippen molar-refractivity contribution in [2.24, 2.45) is 0 Å². The molecule has 2 heterocycles. The number of aromatic amines is 1. The van der Waals surface area contributed by atoms with Gasteiger partial charge in [-0.1, -0.05) is 13.3 Å². The number of nitrogens with zero attached hydrogens (tertiary/aromatic N) is 4. The van der Waals surface area contributed by atoms with Gasteiger partial charge in [-0.15, -0.1) is 0 Å². The standard InChI is InChI=1S/C10H15N7/c1-3-4-6-7(14-5(2)13-6)8-15-9(11)17-10(12)16-8/h3-4H2,1-2H3,(H,13,14)(H4,11,12,15,16,17). The molecule has 2 aromatic rings. The number of nitrogens with two attached hydrogens (primary N) is 2. The quantitative estimate of drug-likeness (QED) is 0.717. The zero-order valence-electron chi connectivity index (χ0n) is 9.86. The van der Waals surface area contributed by atoms with E-state index in [1.54, 1.807) is 0 Å². The van der Waals surface area contributed by atoms with Gasteiger partial charge in [-0.2, -0.15) is 15.0 Å². The SMILES string of the molecule is CCCc1[nH]c(C)nc1-c1nc(N)nc(N)n1. The molecule has 2 aromatic heterocycles. The van der Waals surface area contributed by atoms with Crippen molar-refractivity contribution in [1.82, 2.24) is 24.9 Å². The minimum absolute atomic E-state index is 0.107. The Balaban J connectivity index is 2.51. The topological polar surface area (TPSA) is 119 Å². The van der Waals surface area contributed by atoms with Gasteiger partial charge in [-0.25, -0.2) is 4.98 Å². The highest BCUT2D eigenvalue weighted by molar-refractivity contribution is 5.55. The van der Waals surface area contributed by atoms with Crippen molar-refractivity contribution in [2.75, 3.05) is 11.5 Å². The molecule has 2 rings (SSSR count). The molecule has 0 fully saturated rings. The van der Waals surface area contributed by atoms with E-state index in [1.165, 1.54) is 0 Å². The highest BCUT2D eigenvalue weighted by Crippen LogP contribution is 2.20. The van der Waals surface area contributed by atoms with Crippen molar-refractivity contribution in [2.45, 2.75) is 26.7 Å². The predicted octanol–water partition coefficient (Wildman–Crippen LogP) is 0.687. The van der Waals surface area contributed by atoms with Crippen LogP contribution in [0.3, 0.4) is 0 Å². The molecule has 17 heavy (non-hydrogen) atoms. The van der Waals surface area contributed by atoms with Crippen molar-refractivity contribution < 1.29 is 0 Å². The molecule has 0 aliphatic heterocycles. The van der Waals surface area contributed by atoms with Crippen molar-refractivity contribution in [3.8, 4) is 11.5 Å². The first-order valence-electron chi connectivity index (χ1n) is 5.43. The van der Waals surface area contributed by atoms with Gasteiger partial charge in [-0.05, 0) is 13.3 Å². The van der Waals surface area contributed by atoms with Gasteiger partial charge >= 0.3 is 0 Å². The first kappa shape index (κ1) is 11.3. The molecule has 0 aliphatic carbocycles. The van der Waals surface area contributed by atoms with E-state index in [-0.39, 0.29) is 11.9 Å². The second-order valence-electron chi connectivity index (χ2n) is 3.77. The number of hydrogen-bond acceptors (Lipinski definition) is 6. The van der Waals surface area contributed by atoms with E-state index in [9.17, 15) is 0 Å². The van der Waals surface area contributed by atoms with Crippen molar-refractivity contribution in [3.63, 3.8) is 0 Å². The summed E-state index contributed by atoms with van der Waals surface area (Å²) in [5.74, 6) is 1.45. The van der Waals surface area contributed by atoms with Gasteiger partial charge in [0.1, 0.15) is 11.5 Å². The van der Waals surface area contributed by atoms with Gasteiger partial charge in [0.05, 0.1) is 0 Å². The van der Waals surface area contributed by atoms with Gasteiger partial charge in [0, 0.05) is 5.69 Å². The summed E-state index contributed by atoms with van der Waals surface area (Å²) < 4.78 is 0. The molecule has 0 unspecified atom stereocenters. The summed E-state index contributed by atoms with van der Waals surface area (Å²) in [5, 5.41) is 0. The summed E-state index contributed by atoms with van der Waals surface area (Å²) in [6.07, 6.45) is 1.88. The number of hydrogen-bond donors (Lipinski definition) is 3. The van der Waals surface area contributed by atoms with E-state index < -0.39 is 0 Å². The second kappa shape index (κ2) is 4.36. The number of H-pyrrole nitrogens is 1. The summed E-state index contributed by atoms with van der Waals surface area (Å²) in [4.78, 5) is 19.4. The summed E-state index contributed by atoms with van der Waals surface area (Å²) in [6, 6.07) is 0.